The van der Waals surface area contributed by atoms with Crippen molar-refractivity contribution in [2.24, 2.45) is 16.3 Å². The zero-order valence-electron chi connectivity index (χ0n) is 11.4. The molecule has 112 valence electrons. The van der Waals surface area contributed by atoms with Crippen LogP contribution in [0.2, 0.25) is 0 Å². The number of carbonyl (C=O) groups excluding carboxylic acids is 1. The predicted octanol–water partition coefficient (Wildman–Crippen LogP) is 0.264. The Kier molecular flexibility index (Phi) is 7.46. The summed E-state index contributed by atoms with van der Waals surface area (Å²) in [5, 5.41) is 7.44. The minimum Gasteiger partial charge on any atom is -0.392 e. The van der Waals surface area contributed by atoms with Crippen LogP contribution in [0.1, 0.15) is 39.5 Å². The molecule has 0 saturated carbocycles. The molecule has 0 aliphatic rings. The lowest BCUT2D eigenvalue weighted by Gasteiger charge is -2.31. The summed E-state index contributed by atoms with van der Waals surface area (Å²) in [6.45, 7) is 3.86. The van der Waals surface area contributed by atoms with Crippen molar-refractivity contribution in [3.05, 3.63) is 0 Å². The van der Waals surface area contributed by atoms with Gasteiger partial charge in [0.1, 0.15) is 0 Å². The largest absolute Gasteiger partial charge is 0.392 e. The highest BCUT2D eigenvalue weighted by molar-refractivity contribution is 7.89. The van der Waals surface area contributed by atoms with Gasteiger partial charge in [0.05, 0.1) is 16.2 Å². The molecule has 5 N–H and O–H groups in total. The molecule has 0 bridgehead atoms. The minimum atomic E-state index is -3.59. The lowest BCUT2D eigenvalue weighted by Crippen LogP contribution is -2.50. The molecule has 0 spiro atoms. The molecule has 8 heteroatoms. The Bertz CT molecular complexity index is 415. The first-order valence-corrected chi connectivity index (χ1v) is 8.40. The van der Waals surface area contributed by atoms with Crippen LogP contribution in [0.25, 0.3) is 0 Å². The minimum absolute atomic E-state index is 0.0323. The molecule has 1 amide bonds. The molecule has 0 aliphatic carbocycles. The Balaban J connectivity index is 4.85. The van der Waals surface area contributed by atoms with Crippen molar-refractivity contribution >= 4 is 33.1 Å². The van der Waals surface area contributed by atoms with Crippen molar-refractivity contribution in [2.75, 3.05) is 12.3 Å². The molecule has 0 radical (unpaired) electrons. The Morgan fingerprint density at radius 2 is 1.74 bits per heavy atom. The van der Waals surface area contributed by atoms with Gasteiger partial charge in [-0.05, 0) is 12.8 Å². The van der Waals surface area contributed by atoms with Gasteiger partial charge >= 0.3 is 0 Å². The Morgan fingerprint density at radius 1 is 1.26 bits per heavy atom. The molecular formula is C11H23N3O3S2. The first kappa shape index (κ1) is 18.3. The molecule has 0 aromatic heterocycles. The highest BCUT2D eigenvalue weighted by atomic mass is 32.2. The predicted molar refractivity (Wildman–Crippen MR) is 80.0 cm³/mol. The van der Waals surface area contributed by atoms with Crippen LogP contribution in [0.5, 0.6) is 0 Å². The van der Waals surface area contributed by atoms with E-state index in [1.54, 1.807) is 0 Å². The highest BCUT2D eigenvalue weighted by Crippen LogP contribution is 2.30. The second-order valence-electron chi connectivity index (χ2n) is 4.57. The highest BCUT2D eigenvalue weighted by Gasteiger charge is 2.39. The molecule has 0 atom stereocenters. The van der Waals surface area contributed by atoms with Gasteiger partial charge in [-0.15, -0.1) is 0 Å². The summed E-state index contributed by atoms with van der Waals surface area (Å²) in [6.07, 6.45) is 2.63. The van der Waals surface area contributed by atoms with Crippen LogP contribution in [0.4, 0.5) is 0 Å². The third kappa shape index (κ3) is 5.84. The lowest BCUT2D eigenvalue weighted by molar-refractivity contribution is -0.128. The van der Waals surface area contributed by atoms with E-state index < -0.39 is 15.4 Å². The second kappa shape index (κ2) is 7.76. The van der Waals surface area contributed by atoms with Gasteiger partial charge in [0, 0.05) is 6.54 Å². The number of nitrogens with two attached hydrogens (primary N) is 2. The van der Waals surface area contributed by atoms with Crippen LogP contribution >= 0.6 is 12.2 Å². The maximum Gasteiger partial charge on any atom is 0.233 e. The third-order valence-corrected chi connectivity index (χ3v) is 4.10. The summed E-state index contributed by atoms with van der Waals surface area (Å²) in [5.41, 5.74) is 4.84. The Labute approximate surface area is 120 Å². The molecule has 0 unspecified atom stereocenters. The Morgan fingerprint density at radius 3 is 2.05 bits per heavy atom. The molecule has 0 fully saturated rings. The van der Waals surface area contributed by atoms with E-state index in [1.807, 2.05) is 13.8 Å². The number of carbonyl (C=O) groups is 1. The van der Waals surface area contributed by atoms with Gasteiger partial charge in [-0.1, -0.05) is 38.9 Å². The van der Waals surface area contributed by atoms with Crippen molar-refractivity contribution in [3.63, 3.8) is 0 Å². The number of primary sulfonamides is 1. The summed E-state index contributed by atoms with van der Waals surface area (Å²) >= 11 is 5.03. The molecule has 0 aliphatic heterocycles. The molecule has 0 heterocycles. The normalized spacial score (nSPS) is 12.2. The van der Waals surface area contributed by atoms with Gasteiger partial charge in [-0.25, -0.2) is 13.6 Å². The average Bonchev–Trinajstić information content (AvgIpc) is 2.26. The number of thiocarbonyl (C=S) groups is 1. The van der Waals surface area contributed by atoms with Crippen LogP contribution in [0.3, 0.4) is 0 Å². The number of hydrogen-bond acceptors (Lipinski definition) is 4. The fraction of sp³-hybridized carbons (Fsp3) is 0.818. The second-order valence-corrected chi connectivity index (χ2v) is 6.74. The maximum absolute atomic E-state index is 12.3. The van der Waals surface area contributed by atoms with Crippen molar-refractivity contribution in [2.45, 2.75) is 39.5 Å². The topological polar surface area (TPSA) is 115 Å². The van der Waals surface area contributed by atoms with Crippen LogP contribution in [-0.2, 0) is 14.8 Å². The van der Waals surface area contributed by atoms with E-state index in [4.69, 9.17) is 23.1 Å². The van der Waals surface area contributed by atoms with Crippen molar-refractivity contribution in [1.29, 1.82) is 0 Å². The number of sulfonamides is 1. The summed E-state index contributed by atoms with van der Waals surface area (Å²) < 4.78 is 21.6. The molecule has 19 heavy (non-hydrogen) atoms. The van der Waals surface area contributed by atoms with E-state index in [0.717, 1.165) is 12.8 Å². The monoisotopic (exact) mass is 309 g/mol. The Hall–Kier alpha value is -0.730. The van der Waals surface area contributed by atoms with Crippen LogP contribution in [0.15, 0.2) is 0 Å². The van der Waals surface area contributed by atoms with Gasteiger partial charge in [-0.3, -0.25) is 4.79 Å². The summed E-state index contributed by atoms with van der Waals surface area (Å²) in [4.78, 5) is 12.4. The lowest BCUT2D eigenvalue weighted by atomic mass is 9.78. The number of hydrogen-bond donors (Lipinski definition) is 3. The quantitative estimate of drug-likeness (QED) is 0.529. The third-order valence-electron chi connectivity index (χ3n) is 2.93. The summed E-state index contributed by atoms with van der Waals surface area (Å²) in [7, 11) is -3.59. The first-order valence-electron chi connectivity index (χ1n) is 6.28. The van der Waals surface area contributed by atoms with E-state index >= 15 is 0 Å². The zero-order valence-corrected chi connectivity index (χ0v) is 13.1. The number of nitrogens with one attached hydrogen (secondary N) is 1. The van der Waals surface area contributed by atoms with Gasteiger partial charge in [0.25, 0.3) is 0 Å². The molecule has 6 nitrogen and oxygen atoms in total. The van der Waals surface area contributed by atoms with Crippen molar-refractivity contribution in [1.82, 2.24) is 5.32 Å². The van der Waals surface area contributed by atoms with E-state index in [-0.39, 0.29) is 23.2 Å². The molecular weight excluding hydrogens is 286 g/mol. The zero-order chi connectivity index (χ0) is 15.1. The standard InChI is InChI=1S/C11H23N3O3S2/c1-3-5-11(6-4-2,9(12)18)10(15)14-7-8-19(13,16)17/h3-8H2,1-2H3,(H2,12,18)(H,14,15)(H2,13,16,17). The van der Waals surface area contributed by atoms with E-state index in [1.165, 1.54) is 0 Å². The molecule has 0 aromatic rings. The van der Waals surface area contributed by atoms with Gasteiger partial charge in [-0.2, -0.15) is 0 Å². The van der Waals surface area contributed by atoms with Crippen LogP contribution in [0, 0.1) is 5.41 Å². The van der Waals surface area contributed by atoms with E-state index in [0.29, 0.717) is 12.8 Å². The average molecular weight is 309 g/mol. The van der Waals surface area contributed by atoms with E-state index in [2.05, 4.69) is 5.32 Å². The molecule has 0 rings (SSSR count). The van der Waals surface area contributed by atoms with Gasteiger partial charge in [0.2, 0.25) is 15.9 Å². The number of rotatable bonds is 9. The number of amides is 1. The molecule has 0 aromatic carbocycles. The SMILES string of the molecule is CCCC(CCC)(C(=O)NCCS(N)(=O)=O)C(N)=S. The fourth-order valence-electron chi connectivity index (χ4n) is 2.04. The first-order chi connectivity index (χ1) is 8.69. The van der Waals surface area contributed by atoms with Crippen LogP contribution < -0.4 is 16.2 Å². The summed E-state index contributed by atoms with van der Waals surface area (Å²) in [5.74, 6) is -0.614. The van der Waals surface area contributed by atoms with Crippen molar-refractivity contribution < 1.29 is 13.2 Å². The maximum atomic E-state index is 12.3. The smallest absolute Gasteiger partial charge is 0.233 e. The fourth-order valence-corrected chi connectivity index (χ4v) is 2.72. The van der Waals surface area contributed by atoms with Gasteiger partial charge < -0.3 is 11.1 Å². The molecule has 0 saturated heterocycles. The van der Waals surface area contributed by atoms with Crippen molar-refractivity contribution in [3.8, 4) is 0 Å². The van der Waals surface area contributed by atoms with Crippen LogP contribution in [-0.4, -0.2) is 31.6 Å². The van der Waals surface area contributed by atoms with Gasteiger partial charge in [0.15, 0.2) is 0 Å². The summed E-state index contributed by atoms with van der Waals surface area (Å²) in [6, 6.07) is 0. The van der Waals surface area contributed by atoms with E-state index in [9.17, 15) is 13.2 Å².